The summed E-state index contributed by atoms with van der Waals surface area (Å²) >= 11 is 0. The molecule has 3 unspecified atom stereocenters. The zero-order valence-electron chi connectivity index (χ0n) is 11.9. The molecular weight excluding hydrogens is 255 g/mol. The molecule has 19 heavy (non-hydrogen) atoms. The molecular formula is C14H26F3NO. The van der Waals surface area contributed by atoms with Gasteiger partial charge in [0.1, 0.15) is 6.61 Å². The number of ether oxygens (including phenoxy) is 1. The van der Waals surface area contributed by atoms with Crippen LogP contribution in [0.2, 0.25) is 0 Å². The van der Waals surface area contributed by atoms with Gasteiger partial charge in [-0.2, -0.15) is 13.2 Å². The molecule has 1 aliphatic carbocycles. The molecule has 0 aromatic carbocycles. The minimum atomic E-state index is -4.20. The van der Waals surface area contributed by atoms with Gasteiger partial charge in [-0.15, -0.1) is 0 Å². The Kier molecular flexibility index (Phi) is 7.15. The third-order valence-corrected chi connectivity index (χ3v) is 3.84. The number of hydrogen-bond donors (Lipinski definition) is 1. The van der Waals surface area contributed by atoms with Crippen LogP contribution in [-0.2, 0) is 4.74 Å². The minimum absolute atomic E-state index is 0.212. The van der Waals surface area contributed by atoms with Crippen LogP contribution in [0, 0.1) is 11.8 Å². The Hall–Kier alpha value is -0.290. The number of halogens is 3. The van der Waals surface area contributed by atoms with Crippen molar-refractivity contribution in [2.45, 2.75) is 58.2 Å². The topological polar surface area (TPSA) is 21.3 Å². The molecule has 1 saturated carbocycles. The molecule has 1 rings (SSSR count). The molecule has 114 valence electrons. The summed E-state index contributed by atoms with van der Waals surface area (Å²) in [7, 11) is 0. The second-order valence-electron chi connectivity index (χ2n) is 5.65. The van der Waals surface area contributed by atoms with E-state index in [1.165, 1.54) is 19.3 Å². The Morgan fingerprint density at radius 2 is 2.00 bits per heavy atom. The van der Waals surface area contributed by atoms with Crippen LogP contribution in [0.15, 0.2) is 0 Å². The zero-order valence-corrected chi connectivity index (χ0v) is 11.9. The molecule has 3 atom stereocenters. The Labute approximate surface area is 114 Å². The molecule has 1 N–H and O–H groups in total. The first-order valence-corrected chi connectivity index (χ1v) is 7.30. The molecule has 1 aliphatic rings. The fourth-order valence-electron chi connectivity index (χ4n) is 2.98. The monoisotopic (exact) mass is 281 g/mol. The Morgan fingerprint density at radius 1 is 1.26 bits per heavy atom. The number of alkyl halides is 3. The third-order valence-electron chi connectivity index (χ3n) is 3.84. The SMILES string of the molecule is CCNC1CCC(C)CC1CCCOCC(F)(F)F. The van der Waals surface area contributed by atoms with E-state index in [-0.39, 0.29) is 6.61 Å². The smallest absolute Gasteiger partial charge is 0.372 e. The summed E-state index contributed by atoms with van der Waals surface area (Å²) in [4.78, 5) is 0. The van der Waals surface area contributed by atoms with Crippen LogP contribution < -0.4 is 5.32 Å². The predicted molar refractivity (Wildman–Crippen MR) is 70.1 cm³/mol. The number of nitrogens with one attached hydrogen (secondary N) is 1. The van der Waals surface area contributed by atoms with Crippen molar-refractivity contribution in [3.63, 3.8) is 0 Å². The van der Waals surface area contributed by atoms with Crippen LogP contribution in [0.4, 0.5) is 13.2 Å². The summed E-state index contributed by atoms with van der Waals surface area (Å²) in [6, 6.07) is 0.531. The highest BCUT2D eigenvalue weighted by Gasteiger charge is 2.29. The standard InChI is InChI=1S/C14H26F3NO/c1-3-18-13-7-6-11(2)9-12(13)5-4-8-19-10-14(15,16)17/h11-13,18H,3-10H2,1-2H3. The van der Waals surface area contributed by atoms with Crippen molar-refractivity contribution in [1.29, 1.82) is 0 Å². The van der Waals surface area contributed by atoms with Crippen molar-refractivity contribution >= 4 is 0 Å². The van der Waals surface area contributed by atoms with Crippen molar-refractivity contribution in [2.24, 2.45) is 11.8 Å². The average molecular weight is 281 g/mol. The molecule has 0 radical (unpaired) electrons. The van der Waals surface area contributed by atoms with Crippen molar-refractivity contribution in [3.05, 3.63) is 0 Å². The van der Waals surface area contributed by atoms with Crippen LogP contribution in [0.1, 0.15) is 46.0 Å². The minimum Gasteiger partial charge on any atom is -0.372 e. The normalized spacial score (nSPS) is 28.6. The van der Waals surface area contributed by atoms with E-state index in [1.807, 2.05) is 0 Å². The van der Waals surface area contributed by atoms with E-state index in [0.717, 1.165) is 25.3 Å². The van der Waals surface area contributed by atoms with Crippen molar-refractivity contribution in [1.82, 2.24) is 5.32 Å². The summed E-state index contributed by atoms with van der Waals surface area (Å²) in [6.45, 7) is 4.41. The van der Waals surface area contributed by atoms with E-state index in [2.05, 4.69) is 23.9 Å². The number of hydrogen-bond acceptors (Lipinski definition) is 2. The van der Waals surface area contributed by atoms with E-state index < -0.39 is 12.8 Å². The van der Waals surface area contributed by atoms with Crippen LogP contribution in [0.5, 0.6) is 0 Å². The second-order valence-corrected chi connectivity index (χ2v) is 5.65. The lowest BCUT2D eigenvalue weighted by Gasteiger charge is -2.35. The van der Waals surface area contributed by atoms with Gasteiger partial charge < -0.3 is 10.1 Å². The molecule has 5 heteroatoms. The summed E-state index contributed by atoms with van der Waals surface area (Å²) in [6.07, 6.45) is 1.08. The molecule has 0 bridgehead atoms. The Balaban J connectivity index is 2.21. The highest BCUT2D eigenvalue weighted by molar-refractivity contribution is 4.83. The maximum Gasteiger partial charge on any atom is 0.411 e. The van der Waals surface area contributed by atoms with Gasteiger partial charge in [-0.25, -0.2) is 0 Å². The molecule has 1 fully saturated rings. The first kappa shape index (κ1) is 16.8. The first-order valence-electron chi connectivity index (χ1n) is 7.30. The lowest BCUT2D eigenvalue weighted by Crippen LogP contribution is -2.40. The molecule has 0 aliphatic heterocycles. The molecule has 0 amide bonds. The lowest BCUT2D eigenvalue weighted by atomic mass is 9.76. The van der Waals surface area contributed by atoms with E-state index >= 15 is 0 Å². The first-order chi connectivity index (χ1) is 8.92. The molecule has 2 nitrogen and oxygen atoms in total. The second kappa shape index (κ2) is 8.10. The molecule has 0 spiro atoms. The Bertz CT molecular complexity index is 245. The van der Waals surface area contributed by atoms with Gasteiger partial charge in [-0.3, -0.25) is 0 Å². The summed E-state index contributed by atoms with van der Waals surface area (Å²) < 4.78 is 40.4. The lowest BCUT2D eigenvalue weighted by molar-refractivity contribution is -0.174. The fraction of sp³-hybridized carbons (Fsp3) is 1.00. The fourth-order valence-corrected chi connectivity index (χ4v) is 2.98. The molecule has 0 aromatic heterocycles. The maximum absolute atomic E-state index is 11.9. The molecule has 0 aromatic rings. The van der Waals surface area contributed by atoms with Crippen molar-refractivity contribution in [3.8, 4) is 0 Å². The quantitative estimate of drug-likeness (QED) is 0.717. The molecule has 0 saturated heterocycles. The molecule has 0 heterocycles. The van der Waals surface area contributed by atoms with E-state index in [0.29, 0.717) is 12.0 Å². The third kappa shape index (κ3) is 7.16. The zero-order chi connectivity index (χ0) is 14.3. The van der Waals surface area contributed by atoms with Crippen LogP contribution in [0.3, 0.4) is 0 Å². The van der Waals surface area contributed by atoms with E-state index in [9.17, 15) is 13.2 Å². The summed E-state index contributed by atoms with van der Waals surface area (Å²) in [5, 5.41) is 3.50. The van der Waals surface area contributed by atoms with Gasteiger partial charge in [-0.05, 0) is 50.5 Å². The van der Waals surface area contributed by atoms with Crippen molar-refractivity contribution in [2.75, 3.05) is 19.8 Å². The highest BCUT2D eigenvalue weighted by Crippen LogP contribution is 2.32. The van der Waals surface area contributed by atoms with Gasteiger partial charge in [0, 0.05) is 12.6 Å². The van der Waals surface area contributed by atoms with E-state index in [4.69, 9.17) is 0 Å². The van der Waals surface area contributed by atoms with Gasteiger partial charge >= 0.3 is 6.18 Å². The highest BCUT2D eigenvalue weighted by atomic mass is 19.4. The average Bonchev–Trinajstić information content (AvgIpc) is 2.30. The summed E-state index contributed by atoms with van der Waals surface area (Å²) in [5.41, 5.74) is 0. The van der Waals surface area contributed by atoms with Crippen LogP contribution in [0.25, 0.3) is 0 Å². The van der Waals surface area contributed by atoms with Gasteiger partial charge in [-0.1, -0.05) is 13.8 Å². The van der Waals surface area contributed by atoms with Gasteiger partial charge in [0.15, 0.2) is 0 Å². The van der Waals surface area contributed by atoms with Crippen LogP contribution >= 0.6 is 0 Å². The van der Waals surface area contributed by atoms with Gasteiger partial charge in [0.2, 0.25) is 0 Å². The largest absolute Gasteiger partial charge is 0.411 e. The number of rotatable bonds is 7. The van der Waals surface area contributed by atoms with Crippen molar-refractivity contribution < 1.29 is 17.9 Å². The maximum atomic E-state index is 11.9. The predicted octanol–water partition coefficient (Wildman–Crippen LogP) is 3.76. The van der Waals surface area contributed by atoms with Gasteiger partial charge in [0.25, 0.3) is 0 Å². The summed E-state index contributed by atoms with van der Waals surface area (Å²) in [5.74, 6) is 1.31. The van der Waals surface area contributed by atoms with Crippen LogP contribution in [-0.4, -0.2) is 32.0 Å². The van der Waals surface area contributed by atoms with Gasteiger partial charge in [0.05, 0.1) is 0 Å². The Morgan fingerprint density at radius 3 is 2.63 bits per heavy atom. The van der Waals surface area contributed by atoms with E-state index in [1.54, 1.807) is 0 Å².